The fourth-order valence-corrected chi connectivity index (χ4v) is 3.94. The van der Waals surface area contributed by atoms with Crippen molar-refractivity contribution in [2.24, 2.45) is 7.05 Å². The highest BCUT2D eigenvalue weighted by Gasteiger charge is 2.36. The van der Waals surface area contributed by atoms with E-state index in [1.54, 1.807) is 31.2 Å². The molecule has 4 rings (SSSR count). The van der Waals surface area contributed by atoms with Gasteiger partial charge in [-0.1, -0.05) is 19.1 Å². The van der Waals surface area contributed by atoms with Gasteiger partial charge in [-0.15, -0.1) is 0 Å². The van der Waals surface area contributed by atoms with E-state index in [1.165, 1.54) is 31.3 Å². The Morgan fingerprint density at radius 3 is 2.06 bits per heavy atom. The van der Waals surface area contributed by atoms with Gasteiger partial charge in [0.05, 0.1) is 22.4 Å². The second kappa shape index (κ2) is 9.45. The highest BCUT2D eigenvalue weighted by molar-refractivity contribution is 6.34. The standard InChI is InChI=1S/C25H22N4O7/c1-3-12-28-20(26)19(23(33)27(2)25(28)35)18(30)13-36-24(34)14-8-10-15(11-9-14)29-21(31)16-6-4-5-7-17(16)22(29)32/h4-11H,3,12-13,26H2,1-2H3. The molecule has 0 fully saturated rings. The van der Waals surface area contributed by atoms with Crippen LogP contribution in [0.3, 0.4) is 0 Å². The second-order valence-corrected chi connectivity index (χ2v) is 8.10. The monoisotopic (exact) mass is 490 g/mol. The number of ether oxygens (including phenoxy) is 1. The summed E-state index contributed by atoms with van der Waals surface area (Å²) in [5.74, 6) is -2.94. The summed E-state index contributed by atoms with van der Waals surface area (Å²) in [6.07, 6.45) is 0.543. The molecule has 2 aromatic carbocycles. The molecular weight excluding hydrogens is 468 g/mol. The molecule has 184 valence electrons. The number of nitrogens with zero attached hydrogens (tertiary/aromatic N) is 3. The largest absolute Gasteiger partial charge is 0.454 e. The summed E-state index contributed by atoms with van der Waals surface area (Å²) in [5.41, 5.74) is 4.87. The number of amides is 2. The number of esters is 1. The van der Waals surface area contributed by atoms with Gasteiger partial charge in [-0.2, -0.15) is 0 Å². The topological polar surface area (TPSA) is 151 Å². The Bertz CT molecular complexity index is 1500. The van der Waals surface area contributed by atoms with Crippen molar-refractivity contribution in [2.75, 3.05) is 17.2 Å². The van der Waals surface area contributed by atoms with Gasteiger partial charge in [0.25, 0.3) is 17.4 Å². The quantitative estimate of drug-likeness (QED) is 0.296. The minimum atomic E-state index is -0.879. The molecule has 0 aliphatic carbocycles. The van der Waals surface area contributed by atoms with E-state index >= 15 is 0 Å². The molecule has 0 spiro atoms. The molecule has 11 nitrogen and oxygen atoms in total. The number of hydrogen-bond donors (Lipinski definition) is 1. The minimum Gasteiger partial charge on any atom is -0.454 e. The predicted octanol–water partition coefficient (Wildman–Crippen LogP) is 1.38. The fraction of sp³-hybridized carbons (Fsp3) is 0.200. The Hall–Kier alpha value is -4.80. The number of rotatable bonds is 7. The van der Waals surface area contributed by atoms with E-state index in [1.807, 2.05) is 0 Å². The van der Waals surface area contributed by atoms with Gasteiger partial charge in [0, 0.05) is 13.6 Å². The van der Waals surface area contributed by atoms with Crippen molar-refractivity contribution < 1.29 is 23.9 Å². The Labute approximate surface area is 204 Å². The van der Waals surface area contributed by atoms with Crippen molar-refractivity contribution in [1.29, 1.82) is 0 Å². The van der Waals surface area contributed by atoms with Gasteiger partial charge in [-0.25, -0.2) is 14.5 Å². The molecule has 36 heavy (non-hydrogen) atoms. The molecule has 0 radical (unpaired) electrons. The van der Waals surface area contributed by atoms with E-state index in [9.17, 15) is 28.8 Å². The molecule has 3 aromatic rings. The van der Waals surface area contributed by atoms with Crippen LogP contribution >= 0.6 is 0 Å². The first-order valence-corrected chi connectivity index (χ1v) is 11.0. The van der Waals surface area contributed by atoms with Crippen LogP contribution in [0, 0.1) is 0 Å². The number of fused-ring (bicyclic) bond motifs is 1. The first-order chi connectivity index (χ1) is 17.2. The summed E-state index contributed by atoms with van der Waals surface area (Å²) in [5, 5.41) is 0. The molecule has 2 N–H and O–H groups in total. The number of aromatic nitrogens is 2. The molecule has 1 aliphatic rings. The van der Waals surface area contributed by atoms with Crippen LogP contribution in [0.25, 0.3) is 0 Å². The van der Waals surface area contributed by atoms with Gasteiger partial charge in [0.2, 0.25) is 5.78 Å². The number of imide groups is 1. The van der Waals surface area contributed by atoms with E-state index in [2.05, 4.69) is 0 Å². The summed E-state index contributed by atoms with van der Waals surface area (Å²) in [7, 11) is 1.23. The third kappa shape index (κ3) is 4.00. The highest BCUT2D eigenvalue weighted by atomic mass is 16.5. The maximum absolute atomic E-state index is 12.7. The zero-order chi connectivity index (χ0) is 26.1. The van der Waals surface area contributed by atoms with Crippen molar-refractivity contribution >= 4 is 35.1 Å². The van der Waals surface area contributed by atoms with Crippen molar-refractivity contribution in [3.63, 3.8) is 0 Å². The van der Waals surface area contributed by atoms with Crippen LogP contribution in [0.5, 0.6) is 0 Å². The summed E-state index contributed by atoms with van der Waals surface area (Å²) < 4.78 is 6.95. The maximum Gasteiger partial charge on any atom is 0.338 e. The predicted molar refractivity (Wildman–Crippen MR) is 129 cm³/mol. The lowest BCUT2D eigenvalue weighted by Crippen LogP contribution is -2.43. The average Bonchev–Trinajstić information content (AvgIpc) is 3.14. The van der Waals surface area contributed by atoms with E-state index < -0.39 is 47.0 Å². The van der Waals surface area contributed by atoms with Crippen LogP contribution in [0.2, 0.25) is 0 Å². The number of Topliss-reactive ketones (excluding diaryl/α,β-unsaturated/α-hetero) is 1. The second-order valence-electron chi connectivity index (χ2n) is 8.10. The number of nitrogens with two attached hydrogens (primary N) is 1. The molecule has 0 saturated heterocycles. The van der Waals surface area contributed by atoms with Gasteiger partial charge in [-0.05, 0) is 42.8 Å². The van der Waals surface area contributed by atoms with Crippen LogP contribution < -0.4 is 21.9 Å². The first kappa shape index (κ1) is 24.3. The number of hydrogen-bond acceptors (Lipinski definition) is 8. The summed E-state index contributed by atoms with van der Waals surface area (Å²) in [6, 6.07) is 12.0. The van der Waals surface area contributed by atoms with Crippen molar-refractivity contribution in [3.05, 3.63) is 91.6 Å². The summed E-state index contributed by atoms with van der Waals surface area (Å²) >= 11 is 0. The molecule has 0 atom stereocenters. The van der Waals surface area contributed by atoms with Gasteiger partial charge >= 0.3 is 11.7 Å². The van der Waals surface area contributed by atoms with Crippen LogP contribution in [0.4, 0.5) is 11.5 Å². The van der Waals surface area contributed by atoms with Crippen LogP contribution in [0.1, 0.15) is 54.8 Å². The lowest BCUT2D eigenvalue weighted by molar-refractivity contribution is 0.0474. The normalized spacial score (nSPS) is 12.6. The third-order valence-corrected chi connectivity index (χ3v) is 5.80. The van der Waals surface area contributed by atoms with Gasteiger partial charge in [0.1, 0.15) is 11.4 Å². The van der Waals surface area contributed by atoms with E-state index in [0.29, 0.717) is 17.5 Å². The molecule has 1 aliphatic heterocycles. The number of carbonyl (C=O) groups excluding carboxylic acids is 4. The van der Waals surface area contributed by atoms with E-state index in [4.69, 9.17) is 10.5 Å². The zero-order valence-corrected chi connectivity index (χ0v) is 19.5. The van der Waals surface area contributed by atoms with E-state index in [0.717, 1.165) is 14.0 Å². The SMILES string of the molecule is CCCn1c(N)c(C(=O)COC(=O)c2ccc(N3C(=O)c4ccccc4C3=O)cc2)c(=O)n(C)c1=O. The molecule has 1 aromatic heterocycles. The summed E-state index contributed by atoms with van der Waals surface area (Å²) in [4.78, 5) is 76.1. The lowest BCUT2D eigenvalue weighted by Gasteiger charge is -2.15. The lowest BCUT2D eigenvalue weighted by atomic mass is 10.1. The number of benzene rings is 2. The third-order valence-electron chi connectivity index (χ3n) is 5.80. The Morgan fingerprint density at radius 1 is 0.917 bits per heavy atom. The van der Waals surface area contributed by atoms with Gasteiger partial charge < -0.3 is 10.5 Å². The van der Waals surface area contributed by atoms with Crippen LogP contribution in [0.15, 0.2) is 58.1 Å². The molecule has 0 unspecified atom stereocenters. The van der Waals surface area contributed by atoms with Crippen LogP contribution in [-0.2, 0) is 18.3 Å². The Morgan fingerprint density at radius 2 is 1.50 bits per heavy atom. The fourth-order valence-electron chi connectivity index (χ4n) is 3.94. The average molecular weight is 490 g/mol. The van der Waals surface area contributed by atoms with Crippen LogP contribution in [-0.4, -0.2) is 39.3 Å². The van der Waals surface area contributed by atoms with Crippen molar-refractivity contribution in [3.8, 4) is 0 Å². The van der Waals surface area contributed by atoms with Crippen molar-refractivity contribution in [2.45, 2.75) is 19.9 Å². The molecule has 0 saturated carbocycles. The first-order valence-electron chi connectivity index (χ1n) is 11.0. The molecular formula is C25H22N4O7. The smallest absolute Gasteiger partial charge is 0.338 e. The Kier molecular flexibility index (Phi) is 6.39. The van der Waals surface area contributed by atoms with Crippen molar-refractivity contribution in [1.82, 2.24) is 9.13 Å². The zero-order valence-electron chi connectivity index (χ0n) is 19.5. The number of nitrogen functional groups attached to an aromatic ring is 1. The number of carbonyl (C=O) groups is 4. The molecule has 11 heteroatoms. The molecule has 0 bridgehead atoms. The molecule has 2 amide bonds. The summed E-state index contributed by atoms with van der Waals surface area (Å²) in [6.45, 7) is 1.24. The maximum atomic E-state index is 12.7. The molecule has 2 heterocycles. The Balaban J connectivity index is 1.49. The highest BCUT2D eigenvalue weighted by Crippen LogP contribution is 2.28. The van der Waals surface area contributed by atoms with Gasteiger partial charge in [-0.3, -0.25) is 28.3 Å². The van der Waals surface area contributed by atoms with Gasteiger partial charge in [0.15, 0.2) is 6.61 Å². The van der Waals surface area contributed by atoms with E-state index in [-0.39, 0.29) is 23.6 Å². The number of ketones is 1. The minimum absolute atomic E-state index is 0.0555. The number of anilines is 2.